The van der Waals surface area contributed by atoms with E-state index in [1.807, 2.05) is 30.3 Å². The van der Waals surface area contributed by atoms with Gasteiger partial charge in [-0.05, 0) is 24.1 Å². The number of amides is 1. The predicted octanol–water partition coefficient (Wildman–Crippen LogP) is 2.64. The normalized spacial score (nSPS) is 11.6. The van der Waals surface area contributed by atoms with E-state index in [2.05, 4.69) is 10.6 Å². The molecule has 0 aliphatic carbocycles. The molecule has 1 unspecified atom stereocenters. The summed E-state index contributed by atoms with van der Waals surface area (Å²) < 4.78 is 0. The summed E-state index contributed by atoms with van der Waals surface area (Å²) in [4.78, 5) is 22.1. The summed E-state index contributed by atoms with van der Waals surface area (Å²) >= 11 is 0. The number of carbonyl (C=O) groups excluding carboxylic acids is 1. The third-order valence-corrected chi connectivity index (χ3v) is 3.71. The molecule has 7 heteroatoms. The molecule has 0 radical (unpaired) electrons. The van der Waals surface area contributed by atoms with Gasteiger partial charge in [0.15, 0.2) is 0 Å². The van der Waals surface area contributed by atoms with Gasteiger partial charge in [0, 0.05) is 30.8 Å². The van der Waals surface area contributed by atoms with E-state index >= 15 is 0 Å². The van der Waals surface area contributed by atoms with E-state index in [0.717, 1.165) is 11.3 Å². The third kappa shape index (κ3) is 5.89. The van der Waals surface area contributed by atoms with Gasteiger partial charge < -0.3 is 15.7 Å². The van der Waals surface area contributed by atoms with Gasteiger partial charge in [-0.1, -0.05) is 30.3 Å². The number of hydrogen-bond donors (Lipinski definition) is 3. The second kappa shape index (κ2) is 9.39. The van der Waals surface area contributed by atoms with Gasteiger partial charge in [-0.15, -0.1) is 0 Å². The fourth-order valence-electron chi connectivity index (χ4n) is 2.37. The Morgan fingerprint density at radius 1 is 1.12 bits per heavy atom. The van der Waals surface area contributed by atoms with Crippen LogP contribution in [-0.2, 0) is 4.79 Å². The van der Waals surface area contributed by atoms with Gasteiger partial charge in [0.2, 0.25) is 5.91 Å². The molecule has 0 saturated carbocycles. The molecular formula is C18H21N3O4. The Morgan fingerprint density at radius 3 is 2.40 bits per heavy atom. The monoisotopic (exact) mass is 343 g/mol. The van der Waals surface area contributed by atoms with Crippen molar-refractivity contribution in [2.75, 3.05) is 18.5 Å². The van der Waals surface area contributed by atoms with Gasteiger partial charge in [-0.2, -0.15) is 0 Å². The Labute approximate surface area is 145 Å². The predicted molar refractivity (Wildman–Crippen MR) is 95.2 cm³/mol. The summed E-state index contributed by atoms with van der Waals surface area (Å²) in [6.45, 7) is 0.414. The summed E-state index contributed by atoms with van der Waals surface area (Å²) in [6, 6.07) is 15.0. The average Bonchev–Trinajstić information content (AvgIpc) is 2.64. The highest BCUT2D eigenvalue weighted by Crippen LogP contribution is 2.15. The number of rotatable bonds is 9. The van der Waals surface area contributed by atoms with Gasteiger partial charge in [-0.25, -0.2) is 0 Å². The highest BCUT2D eigenvalue weighted by Gasteiger charge is 2.12. The summed E-state index contributed by atoms with van der Waals surface area (Å²) in [5.74, 6) is -0.131. The van der Waals surface area contributed by atoms with Crippen LogP contribution in [0.15, 0.2) is 54.6 Å². The minimum atomic E-state index is -0.446. The van der Waals surface area contributed by atoms with Gasteiger partial charge in [0.25, 0.3) is 5.69 Å². The number of aliphatic hydroxyl groups excluding tert-OH is 1. The first kappa shape index (κ1) is 18.4. The van der Waals surface area contributed by atoms with Crippen LogP contribution in [0.2, 0.25) is 0 Å². The van der Waals surface area contributed by atoms with Crippen LogP contribution >= 0.6 is 0 Å². The highest BCUT2D eigenvalue weighted by molar-refractivity contribution is 5.76. The van der Waals surface area contributed by atoms with Crippen LogP contribution in [0.5, 0.6) is 0 Å². The first-order valence-corrected chi connectivity index (χ1v) is 8.03. The first-order chi connectivity index (χ1) is 12.1. The molecule has 3 N–H and O–H groups in total. The number of aliphatic hydroxyl groups is 1. The number of nitrogens with zero attached hydrogens (tertiary/aromatic N) is 1. The second-order valence-electron chi connectivity index (χ2n) is 5.55. The Bertz CT molecular complexity index is 689. The molecule has 7 nitrogen and oxygen atoms in total. The maximum Gasteiger partial charge on any atom is 0.269 e. The van der Waals surface area contributed by atoms with Crippen LogP contribution in [-0.4, -0.2) is 29.1 Å². The van der Waals surface area contributed by atoms with Crippen molar-refractivity contribution >= 4 is 17.3 Å². The molecule has 0 saturated heterocycles. The molecule has 1 atom stereocenters. The Hall–Kier alpha value is -2.93. The van der Waals surface area contributed by atoms with E-state index in [9.17, 15) is 20.0 Å². The molecule has 0 aliphatic heterocycles. The molecule has 0 aromatic heterocycles. The molecule has 132 valence electrons. The SMILES string of the molecule is O=C(CCCNc1ccc([N+](=O)[O-])cc1)NC(CO)c1ccccc1. The van der Waals surface area contributed by atoms with E-state index < -0.39 is 11.0 Å². The number of hydrogen-bond acceptors (Lipinski definition) is 5. The quantitative estimate of drug-likeness (QED) is 0.369. The van der Waals surface area contributed by atoms with Gasteiger partial charge >= 0.3 is 0 Å². The van der Waals surface area contributed by atoms with E-state index in [0.29, 0.717) is 19.4 Å². The van der Waals surface area contributed by atoms with Crippen LogP contribution in [0.4, 0.5) is 11.4 Å². The number of carbonyl (C=O) groups is 1. The molecule has 0 fully saturated rings. The number of benzene rings is 2. The fraction of sp³-hybridized carbons (Fsp3) is 0.278. The van der Waals surface area contributed by atoms with Gasteiger partial charge in [-0.3, -0.25) is 14.9 Å². The van der Waals surface area contributed by atoms with E-state index in [-0.39, 0.29) is 18.2 Å². The maximum atomic E-state index is 12.0. The van der Waals surface area contributed by atoms with Crippen LogP contribution < -0.4 is 10.6 Å². The number of nitro benzene ring substituents is 1. The molecular weight excluding hydrogens is 322 g/mol. The van der Waals surface area contributed by atoms with E-state index in [4.69, 9.17) is 0 Å². The van der Waals surface area contributed by atoms with Crippen LogP contribution in [0.1, 0.15) is 24.4 Å². The summed E-state index contributed by atoms with van der Waals surface area (Å²) in [5, 5.41) is 25.9. The van der Waals surface area contributed by atoms with E-state index in [1.165, 1.54) is 12.1 Å². The van der Waals surface area contributed by atoms with Crippen molar-refractivity contribution in [1.82, 2.24) is 5.32 Å². The Balaban J connectivity index is 1.72. The van der Waals surface area contributed by atoms with E-state index in [1.54, 1.807) is 12.1 Å². The van der Waals surface area contributed by atoms with Crippen molar-refractivity contribution in [1.29, 1.82) is 0 Å². The second-order valence-corrected chi connectivity index (χ2v) is 5.55. The van der Waals surface area contributed by atoms with Crippen molar-refractivity contribution in [2.45, 2.75) is 18.9 Å². The minimum Gasteiger partial charge on any atom is -0.394 e. The topological polar surface area (TPSA) is 104 Å². The minimum absolute atomic E-state index is 0.0425. The fourth-order valence-corrected chi connectivity index (χ4v) is 2.37. The van der Waals surface area contributed by atoms with Gasteiger partial charge in [0.05, 0.1) is 17.6 Å². The lowest BCUT2D eigenvalue weighted by Gasteiger charge is -2.16. The van der Waals surface area contributed by atoms with Crippen molar-refractivity contribution < 1.29 is 14.8 Å². The number of nitro groups is 1. The smallest absolute Gasteiger partial charge is 0.269 e. The lowest BCUT2D eigenvalue weighted by molar-refractivity contribution is -0.384. The van der Waals surface area contributed by atoms with Crippen molar-refractivity contribution in [2.24, 2.45) is 0 Å². The molecule has 2 rings (SSSR count). The molecule has 0 heterocycles. The Morgan fingerprint density at radius 2 is 1.80 bits per heavy atom. The summed E-state index contributed by atoms with van der Waals surface area (Å²) in [5.41, 5.74) is 1.67. The Kier molecular flexibility index (Phi) is 6.91. The first-order valence-electron chi connectivity index (χ1n) is 8.03. The third-order valence-electron chi connectivity index (χ3n) is 3.71. The van der Waals surface area contributed by atoms with Crippen LogP contribution in [0, 0.1) is 10.1 Å². The van der Waals surface area contributed by atoms with Crippen LogP contribution in [0.3, 0.4) is 0 Å². The molecule has 0 spiro atoms. The number of non-ortho nitro benzene ring substituents is 1. The van der Waals surface area contributed by atoms with Gasteiger partial charge in [0.1, 0.15) is 0 Å². The average molecular weight is 343 g/mol. The number of nitrogens with one attached hydrogen (secondary N) is 2. The summed E-state index contributed by atoms with van der Waals surface area (Å²) in [7, 11) is 0. The zero-order valence-corrected chi connectivity index (χ0v) is 13.7. The van der Waals surface area contributed by atoms with Crippen LogP contribution in [0.25, 0.3) is 0 Å². The highest BCUT2D eigenvalue weighted by atomic mass is 16.6. The van der Waals surface area contributed by atoms with Crippen molar-refractivity contribution in [3.63, 3.8) is 0 Å². The molecule has 0 aliphatic rings. The summed E-state index contributed by atoms with van der Waals surface area (Å²) in [6.07, 6.45) is 0.930. The maximum absolute atomic E-state index is 12.0. The molecule has 2 aromatic carbocycles. The molecule has 25 heavy (non-hydrogen) atoms. The lowest BCUT2D eigenvalue weighted by Crippen LogP contribution is -2.30. The molecule has 1 amide bonds. The molecule has 0 bridgehead atoms. The zero-order chi connectivity index (χ0) is 18.1. The van der Waals surface area contributed by atoms with Crippen molar-refractivity contribution in [3.05, 3.63) is 70.3 Å². The number of anilines is 1. The molecule has 2 aromatic rings. The zero-order valence-electron chi connectivity index (χ0n) is 13.7. The standard InChI is InChI=1S/C18H21N3O4/c22-13-17(14-5-2-1-3-6-14)20-18(23)7-4-12-19-15-8-10-16(11-9-15)21(24)25/h1-3,5-6,8-11,17,19,22H,4,7,12-13H2,(H,20,23). The largest absolute Gasteiger partial charge is 0.394 e. The lowest BCUT2D eigenvalue weighted by atomic mass is 10.1. The van der Waals surface area contributed by atoms with Crippen molar-refractivity contribution in [3.8, 4) is 0 Å².